The van der Waals surface area contributed by atoms with E-state index in [-0.39, 0.29) is 12.4 Å². The van der Waals surface area contributed by atoms with Crippen LogP contribution in [0, 0.1) is 19.3 Å². The highest BCUT2D eigenvalue weighted by Crippen LogP contribution is 2.33. The van der Waals surface area contributed by atoms with Crippen LogP contribution in [0.25, 0.3) is 4.85 Å². The molecule has 0 atom stereocenters. The Hall–Kier alpha value is -2.38. The fourth-order valence-electron chi connectivity index (χ4n) is 1.64. The van der Waals surface area contributed by atoms with E-state index in [1.807, 2.05) is 0 Å². The van der Waals surface area contributed by atoms with E-state index in [1.165, 1.54) is 12.1 Å². The molecule has 0 bridgehead atoms. The van der Waals surface area contributed by atoms with Gasteiger partial charge in [-0.1, -0.05) is 6.07 Å². The second-order valence-corrected chi connectivity index (χ2v) is 4.09. The lowest BCUT2D eigenvalue weighted by molar-refractivity contribution is 0.282. The lowest BCUT2D eigenvalue weighted by atomic mass is 10.2. The predicted molar refractivity (Wildman–Crippen MR) is 69.8 cm³/mol. The highest BCUT2D eigenvalue weighted by molar-refractivity contribution is 5.60. The third-order valence-electron chi connectivity index (χ3n) is 2.68. The van der Waals surface area contributed by atoms with Crippen LogP contribution in [-0.4, -0.2) is 5.11 Å². The summed E-state index contributed by atoms with van der Waals surface area (Å²) < 4.78 is 18.7. The van der Waals surface area contributed by atoms with Crippen molar-refractivity contribution in [2.75, 3.05) is 0 Å². The van der Waals surface area contributed by atoms with E-state index >= 15 is 0 Å². The number of hydrogen-bond acceptors (Lipinski definition) is 2. The third kappa shape index (κ3) is 2.90. The molecule has 0 amide bonds. The van der Waals surface area contributed by atoms with Gasteiger partial charge in [0.25, 0.3) is 0 Å². The van der Waals surface area contributed by atoms with Gasteiger partial charge in [-0.25, -0.2) is 9.24 Å². The minimum atomic E-state index is -0.298. The minimum absolute atomic E-state index is 0.127. The molecule has 0 aliphatic rings. The van der Waals surface area contributed by atoms with E-state index in [4.69, 9.17) is 16.4 Å². The van der Waals surface area contributed by atoms with Crippen LogP contribution in [0.1, 0.15) is 11.1 Å². The fourth-order valence-corrected chi connectivity index (χ4v) is 1.64. The topological polar surface area (TPSA) is 33.8 Å². The Kier molecular flexibility index (Phi) is 3.79. The van der Waals surface area contributed by atoms with E-state index in [1.54, 1.807) is 31.2 Å². The molecule has 0 spiro atoms. The van der Waals surface area contributed by atoms with Crippen LogP contribution in [0.15, 0.2) is 36.4 Å². The molecule has 0 saturated heterocycles. The molecular formula is C15H12FNO2. The molecule has 0 heterocycles. The van der Waals surface area contributed by atoms with Gasteiger partial charge in [-0.15, -0.1) is 0 Å². The van der Waals surface area contributed by atoms with Crippen LogP contribution in [0.5, 0.6) is 11.5 Å². The standard InChI is InChI=1S/C15H12FNO2/c1-10-7-12(4-5-13(10)16)19-15-6-3-11(9-18)8-14(15)17-2/h3-8,18H,9H2,1H3. The smallest absolute Gasteiger partial charge is 0.229 e. The van der Waals surface area contributed by atoms with Gasteiger partial charge in [0.1, 0.15) is 17.3 Å². The summed E-state index contributed by atoms with van der Waals surface area (Å²) in [4.78, 5) is 3.36. The number of nitrogens with zero attached hydrogens (tertiary/aromatic N) is 1. The first-order valence-corrected chi connectivity index (χ1v) is 5.69. The van der Waals surface area contributed by atoms with Crippen LogP contribution >= 0.6 is 0 Å². The van der Waals surface area contributed by atoms with Gasteiger partial charge in [-0.05, 0) is 48.4 Å². The van der Waals surface area contributed by atoms with Gasteiger partial charge in [0.15, 0.2) is 0 Å². The summed E-state index contributed by atoms with van der Waals surface area (Å²) in [5.41, 5.74) is 1.44. The van der Waals surface area contributed by atoms with Crippen molar-refractivity contribution in [2.45, 2.75) is 13.5 Å². The van der Waals surface area contributed by atoms with Crippen LogP contribution in [-0.2, 0) is 6.61 Å². The lowest BCUT2D eigenvalue weighted by Crippen LogP contribution is -1.89. The summed E-state index contributed by atoms with van der Waals surface area (Å²) in [6, 6.07) is 9.28. The summed E-state index contributed by atoms with van der Waals surface area (Å²) >= 11 is 0. The molecule has 19 heavy (non-hydrogen) atoms. The van der Waals surface area contributed by atoms with Crippen molar-refractivity contribution in [2.24, 2.45) is 0 Å². The highest BCUT2D eigenvalue weighted by atomic mass is 19.1. The summed E-state index contributed by atoms with van der Waals surface area (Å²) in [7, 11) is 0. The second kappa shape index (κ2) is 5.51. The molecule has 2 rings (SSSR count). The van der Waals surface area contributed by atoms with Crippen molar-refractivity contribution in [3.8, 4) is 11.5 Å². The normalized spacial score (nSPS) is 10.0. The van der Waals surface area contributed by atoms with Crippen LogP contribution in [0.3, 0.4) is 0 Å². The number of benzene rings is 2. The maximum absolute atomic E-state index is 13.1. The minimum Gasteiger partial charge on any atom is -0.468 e. The number of ether oxygens (including phenoxy) is 1. The third-order valence-corrected chi connectivity index (χ3v) is 2.68. The number of rotatable bonds is 3. The van der Waals surface area contributed by atoms with Gasteiger partial charge >= 0.3 is 0 Å². The Labute approximate surface area is 110 Å². The van der Waals surface area contributed by atoms with Crippen molar-refractivity contribution in [1.82, 2.24) is 0 Å². The monoisotopic (exact) mass is 257 g/mol. The molecule has 0 aromatic heterocycles. The quantitative estimate of drug-likeness (QED) is 0.844. The Morgan fingerprint density at radius 2 is 2.05 bits per heavy atom. The number of hydrogen-bond donors (Lipinski definition) is 1. The first-order valence-electron chi connectivity index (χ1n) is 5.69. The first kappa shape index (κ1) is 13.1. The van der Waals surface area contributed by atoms with Crippen molar-refractivity contribution in [3.05, 3.63) is 64.8 Å². The maximum Gasteiger partial charge on any atom is 0.229 e. The average Bonchev–Trinajstić information content (AvgIpc) is 2.43. The maximum atomic E-state index is 13.1. The molecule has 2 aromatic rings. The lowest BCUT2D eigenvalue weighted by Gasteiger charge is -2.09. The number of aliphatic hydroxyl groups is 1. The van der Waals surface area contributed by atoms with Crippen molar-refractivity contribution < 1.29 is 14.2 Å². The molecule has 0 unspecified atom stereocenters. The van der Waals surface area contributed by atoms with Gasteiger partial charge in [0.2, 0.25) is 5.69 Å². The van der Waals surface area contributed by atoms with Crippen molar-refractivity contribution >= 4 is 5.69 Å². The summed E-state index contributed by atoms with van der Waals surface area (Å²) in [5.74, 6) is 0.562. The highest BCUT2D eigenvalue weighted by Gasteiger charge is 2.07. The van der Waals surface area contributed by atoms with E-state index in [0.717, 1.165) is 0 Å². The van der Waals surface area contributed by atoms with Crippen LogP contribution in [0.2, 0.25) is 0 Å². The average molecular weight is 257 g/mol. The van der Waals surface area contributed by atoms with E-state index < -0.39 is 0 Å². The van der Waals surface area contributed by atoms with E-state index in [9.17, 15) is 4.39 Å². The van der Waals surface area contributed by atoms with Gasteiger partial charge in [0.05, 0.1) is 13.2 Å². The van der Waals surface area contributed by atoms with Gasteiger partial charge < -0.3 is 9.84 Å². The van der Waals surface area contributed by atoms with E-state index in [2.05, 4.69) is 4.85 Å². The molecule has 0 radical (unpaired) electrons. The molecule has 0 aliphatic heterocycles. The molecule has 0 fully saturated rings. The molecule has 4 heteroatoms. The number of halogens is 1. The number of aliphatic hydroxyl groups excluding tert-OH is 1. The van der Waals surface area contributed by atoms with Gasteiger partial charge in [-0.2, -0.15) is 0 Å². The fraction of sp³-hybridized carbons (Fsp3) is 0.133. The molecule has 0 saturated carbocycles. The molecule has 96 valence electrons. The zero-order chi connectivity index (χ0) is 13.8. The molecular weight excluding hydrogens is 245 g/mol. The van der Waals surface area contributed by atoms with Gasteiger partial charge in [0, 0.05) is 0 Å². The van der Waals surface area contributed by atoms with Crippen molar-refractivity contribution in [3.63, 3.8) is 0 Å². The Balaban J connectivity index is 2.33. The molecule has 1 N–H and O–H groups in total. The predicted octanol–water partition coefficient (Wildman–Crippen LogP) is 3.97. The Morgan fingerprint density at radius 1 is 1.26 bits per heavy atom. The zero-order valence-corrected chi connectivity index (χ0v) is 10.4. The summed E-state index contributed by atoms with van der Waals surface area (Å²) in [6.07, 6.45) is 0. The van der Waals surface area contributed by atoms with Crippen molar-refractivity contribution in [1.29, 1.82) is 0 Å². The zero-order valence-electron chi connectivity index (χ0n) is 10.4. The Bertz CT molecular complexity index is 647. The molecule has 0 aliphatic carbocycles. The van der Waals surface area contributed by atoms with Crippen LogP contribution < -0.4 is 4.74 Å². The van der Waals surface area contributed by atoms with Crippen LogP contribution in [0.4, 0.5) is 10.1 Å². The largest absolute Gasteiger partial charge is 0.468 e. The summed E-state index contributed by atoms with van der Waals surface area (Å²) in [5, 5.41) is 9.02. The van der Waals surface area contributed by atoms with Gasteiger partial charge in [-0.3, -0.25) is 0 Å². The SMILES string of the molecule is [C-]#[N+]c1cc(CO)ccc1Oc1ccc(F)c(C)c1. The summed E-state index contributed by atoms with van der Waals surface area (Å²) in [6.45, 7) is 8.62. The molecule has 2 aromatic carbocycles. The first-order chi connectivity index (χ1) is 9.13. The Morgan fingerprint density at radius 3 is 2.68 bits per heavy atom. The van der Waals surface area contributed by atoms with E-state index in [0.29, 0.717) is 28.3 Å². The second-order valence-electron chi connectivity index (χ2n) is 4.09. The molecule has 3 nitrogen and oxygen atoms in total. The number of aryl methyl sites for hydroxylation is 1.